The highest BCUT2D eigenvalue weighted by atomic mass is 16.5. The van der Waals surface area contributed by atoms with Gasteiger partial charge in [-0.15, -0.1) is 0 Å². The molecule has 0 saturated carbocycles. The molecular weight excluding hydrogens is 208 g/mol. The topological polar surface area (TPSA) is 67.4 Å². The number of rotatable bonds is 4. The van der Waals surface area contributed by atoms with Gasteiger partial charge in [-0.05, 0) is 26.3 Å². The van der Waals surface area contributed by atoms with Gasteiger partial charge in [-0.2, -0.15) is 0 Å². The first-order valence-corrected chi connectivity index (χ1v) is 5.74. The van der Waals surface area contributed by atoms with Crippen LogP contribution in [0.1, 0.15) is 32.6 Å². The molecule has 1 aliphatic heterocycles. The molecule has 1 unspecified atom stereocenters. The van der Waals surface area contributed by atoms with Crippen molar-refractivity contribution in [1.82, 2.24) is 10.6 Å². The largest absolute Gasteiger partial charge is 0.469 e. The number of carbonyl (C=O) groups is 2. The molecule has 0 aromatic carbocycles. The molecule has 0 radical (unpaired) electrons. The first-order chi connectivity index (χ1) is 7.63. The average molecular weight is 228 g/mol. The van der Waals surface area contributed by atoms with Crippen molar-refractivity contribution in [2.75, 3.05) is 13.7 Å². The van der Waals surface area contributed by atoms with E-state index in [1.54, 1.807) is 6.92 Å². The first-order valence-electron chi connectivity index (χ1n) is 5.74. The van der Waals surface area contributed by atoms with E-state index in [1.807, 2.05) is 0 Å². The molecule has 0 aromatic rings. The number of amides is 1. The summed E-state index contributed by atoms with van der Waals surface area (Å²) in [6.07, 6.45) is 3.30. The van der Waals surface area contributed by atoms with Gasteiger partial charge in [0.05, 0.1) is 19.6 Å². The Morgan fingerprint density at radius 1 is 1.50 bits per heavy atom. The SMILES string of the molecule is COC(=O)CC(C)NC(=O)[C@H]1CCCCN1. The lowest BCUT2D eigenvalue weighted by molar-refractivity contribution is -0.141. The molecule has 0 aliphatic carbocycles. The number of carbonyl (C=O) groups excluding carboxylic acids is 2. The van der Waals surface area contributed by atoms with Crippen LogP contribution >= 0.6 is 0 Å². The Labute approximate surface area is 95.9 Å². The minimum Gasteiger partial charge on any atom is -0.469 e. The zero-order chi connectivity index (χ0) is 12.0. The number of esters is 1. The van der Waals surface area contributed by atoms with Crippen LogP contribution in [0, 0.1) is 0 Å². The van der Waals surface area contributed by atoms with Gasteiger partial charge in [-0.25, -0.2) is 0 Å². The summed E-state index contributed by atoms with van der Waals surface area (Å²) in [4.78, 5) is 22.7. The van der Waals surface area contributed by atoms with Gasteiger partial charge in [0, 0.05) is 6.04 Å². The minimum atomic E-state index is -0.301. The van der Waals surface area contributed by atoms with Crippen LogP contribution in [0.3, 0.4) is 0 Å². The molecule has 1 aliphatic rings. The Morgan fingerprint density at radius 3 is 2.81 bits per heavy atom. The predicted molar refractivity (Wildman–Crippen MR) is 59.9 cm³/mol. The molecule has 1 heterocycles. The van der Waals surface area contributed by atoms with Gasteiger partial charge in [0.25, 0.3) is 0 Å². The molecule has 16 heavy (non-hydrogen) atoms. The molecular formula is C11H20N2O3. The summed E-state index contributed by atoms with van der Waals surface area (Å²) in [5.41, 5.74) is 0. The summed E-state index contributed by atoms with van der Waals surface area (Å²) in [5.74, 6) is -0.319. The van der Waals surface area contributed by atoms with Crippen molar-refractivity contribution in [2.24, 2.45) is 0 Å². The maximum Gasteiger partial charge on any atom is 0.307 e. The summed E-state index contributed by atoms with van der Waals surface area (Å²) < 4.78 is 4.54. The summed E-state index contributed by atoms with van der Waals surface area (Å²) in [5, 5.41) is 5.98. The molecule has 2 atom stereocenters. The summed E-state index contributed by atoms with van der Waals surface area (Å²) in [6.45, 7) is 2.70. The molecule has 0 bridgehead atoms. The second-order valence-electron chi connectivity index (χ2n) is 4.19. The smallest absolute Gasteiger partial charge is 0.307 e. The number of hydrogen-bond donors (Lipinski definition) is 2. The maximum atomic E-state index is 11.8. The van der Waals surface area contributed by atoms with Crippen LogP contribution in [0.5, 0.6) is 0 Å². The summed E-state index contributed by atoms with van der Waals surface area (Å²) in [7, 11) is 1.35. The number of ether oxygens (including phenoxy) is 1. The molecule has 92 valence electrons. The van der Waals surface area contributed by atoms with Crippen LogP contribution in [-0.2, 0) is 14.3 Å². The van der Waals surface area contributed by atoms with E-state index >= 15 is 0 Å². The maximum absolute atomic E-state index is 11.8. The molecule has 1 rings (SSSR count). The van der Waals surface area contributed by atoms with Crippen LogP contribution in [0.25, 0.3) is 0 Å². The molecule has 5 heteroatoms. The van der Waals surface area contributed by atoms with Gasteiger partial charge >= 0.3 is 5.97 Å². The Bertz CT molecular complexity index is 250. The van der Waals surface area contributed by atoms with Gasteiger partial charge in [0.15, 0.2) is 0 Å². The highest BCUT2D eigenvalue weighted by Crippen LogP contribution is 2.07. The Morgan fingerprint density at radius 2 is 2.25 bits per heavy atom. The fourth-order valence-corrected chi connectivity index (χ4v) is 1.80. The fraction of sp³-hybridized carbons (Fsp3) is 0.818. The van der Waals surface area contributed by atoms with E-state index in [0.717, 1.165) is 25.8 Å². The van der Waals surface area contributed by atoms with Crippen molar-refractivity contribution in [1.29, 1.82) is 0 Å². The Hall–Kier alpha value is -1.10. The second-order valence-corrected chi connectivity index (χ2v) is 4.19. The second kappa shape index (κ2) is 6.48. The number of piperidine rings is 1. The Kier molecular flexibility index (Phi) is 5.25. The van der Waals surface area contributed by atoms with Crippen molar-refractivity contribution in [2.45, 2.75) is 44.7 Å². The zero-order valence-corrected chi connectivity index (χ0v) is 9.91. The van der Waals surface area contributed by atoms with Gasteiger partial charge in [-0.1, -0.05) is 6.42 Å². The van der Waals surface area contributed by atoms with Crippen molar-refractivity contribution >= 4 is 11.9 Å². The highest BCUT2D eigenvalue weighted by molar-refractivity contribution is 5.82. The van der Waals surface area contributed by atoms with Crippen LogP contribution in [0.15, 0.2) is 0 Å². The van der Waals surface area contributed by atoms with Gasteiger partial charge in [0.2, 0.25) is 5.91 Å². The predicted octanol–water partition coefficient (Wildman–Crippen LogP) is 0.196. The van der Waals surface area contributed by atoms with Crippen molar-refractivity contribution in [3.8, 4) is 0 Å². The average Bonchev–Trinajstić information content (AvgIpc) is 2.29. The third kappa shape index (κ3) is 4.18. The number of methoxy groups -OCH3 is 1. The van der Waals surface area contributed by atoms with Gasteiger partial charge in [0.1, 0.15) is 0 Å². The van der Waals surface area contributed by atoms with Crippen LogP contribution in [-0.4, -0.2) is 37.6 Å². The van der Waals surface area contributed by atoms with E-state index in [9.17, 15) is 9.59 Å². The summed E-state index contributed by atoms with van der Waals surface area (Å²) in [6, 6.07) is -0.280. The van der Waals surface area contributed by atoms with E-state index in [2.05, 4.69) is 15.4 Å². The molecule has 1 amide bonds. The molecule has 0 spiro atoms. The van der Waals surface area contributed by atoms with Crippen LogP contribution < -0.4 is 10.6 Å². The zero-order valence-electron chi connectivity index (χ0n) is 9.91. The molecule has 2 N–H and O–H groups in total. The van der Waals surface area contributed by atoms with Crippen molar-refractivity contribution < 1.29 is 14.3 Å². The molecule has 1 saturated heterocycles. The van der Waals surface area contributed by atoms with Crippen molar-refractivity contribution in [3.05, 3.63) is 0 Å². The number of nitrogens with one attached hydrogen (secondary N) is 2. The third-order valence-electron chi connectivity index (χ3n) is 2.72. The lowest BCUT2D eigenvalue weighted by atomic mass is 10.0. The standard InChI is InChI=1S/C11H20N2O3/c1-8(7-10(14)16-2)13-11(15)9-5-3-4-6-12-9/h8-9,12H,3-7H2,1-2H3,(H,13,15)/t8?,9-/m1/s1. The fourth-order valence-electron chi connectivity index (χ4n) is 1.80. The summed E-state index contributed by atoms with van der Waals surface area (Å²) >= 11 is 0. The quantitative estimate of drug-likeness (QED) is 0.674. The minimum absolute atomic E-state index is 0.0175. The Balaban J connectivity index is 2.29. The molecule has 1 fully saturated rings. The highest BCUT2D eigenvalue weighted by Gasteiger charge is 2.22. The van der Waals surface area contributed by atoms with E-state index in [0.29, 0.717) is 0 Å². The monoisotopic (exact) mass is 228 g/mol. The van der Waals surface area contributed by atoms with E-state index in [-0.39, 0.29) is 30.4 Å². The first kappa shape index (κ1) is 13.0. The lowest BCUT2D eigenvalue weighted by Gasteiger charge is -2.24. The normalized spacial score (nSPS) is 22.2. The van der Waals surface area contributed by atoms with E-state index < -0.39 is 0 Å². The number of hydrogen-bond acceptors (Lipinski definition) is 4. The third-order valence-corrected chi connectivity index (χ3v) is 2.72. The van der Waals surface area contributed by atoms with E-state index in [1.165, 1.54) is 7.11 Å². The van der Waals surface area contributed by atoms with Gasteiger partial charge < -0.3 is 15.4 Å². The lowest BCUT2D eigenvalue weighted by Crippen LogP contribution is -2.49. The molecule has 5 nitrogen and oxygen atoms in total. The van der Waals surface area contributed by atoms with Crippen molar-refractivity contribution in [3.63, 3.8) is 0 Å². The van der Waals surface area contributed by atoms with Gasteiger partial charge in [-0.3, -0.25) is 9.59 Å². The molecule has 0 aromatic heterocycles. The van der Waals surface area contributed by atoms with Crippen LogP contribution in [0.2, 0.25) is 0 Å². The van der Waals surface area contributed by atoms with Crippen LogP contribution in [0.4, 0.5) is 0 Å². The van der Waals surface area contributed by atoms with E-state index in [4.69, 9.17) is 0 Å².